The number of carbonyl (C=O) groups is 1. The first-order valence-corrected chi connectivity index (χ1v) is 7.28. The monoisotopic (exact) mass is 345 g/mol. The van der Waals surface area contributed by atoms with Gasteiger partial charge in [-0.2, -0.15) is 0 Å². The Hall–Kier alpha value is -0.980. The van der Waals surface area contributed by atoms with Crippen molar-refractivity contribution in [2.24, 2.45) is 0 Å². The Morgan fingerprint density at radius 3 is 2.95 bits per heavy atom. The molecule has 2 unspecified atom stereocenters. The highest BCUT2D eigenvalue weighted by Gasteiger charge is 2.37. The van der Waals surface area contributed by atoms with Crippen molar-refractivity contribution in [3.8, 4) is 0 Å². The third-order valence-corrected chi connectivity index (χ3v) is 4.26. The van der Waals surface area contributed by atoms with Crippen molar-refractivity contribution < 1.29 is 19.0 Å². The first-order valence-electron chi connectivity index (χ1n) is 6.49. The summed E-state index contributed by atoms with van der Waals surface area (Å²) >= 11 is 3.23. The van der Waals surface area contributed by atoms with Gasteiger partial charge in [0, 0.05) is 17.6 Å². The summed E-state index contributed by atoms with van der Waals surface area (Å²) < 4.78 is 19.1. The molecule has 0 saturated carbocycles. The maximum atomic E-state index is 13.2. The van der Waals surface area contributed by atoms with E-state index in [4.69, 9.17) is 4.74 Å². The van der Waals surface area contributed by atoms with Crippen molar-refractivity contribution in [2.45, 2.75) is 31.4 Å². The quantitative estimate of drug-likeness (QED) is 0.861. The van der Waals surface area contributed by atoms with Gasteiger partial charge < -0.3 is 9.84 Å². The lowest BCUT2D eigenvalue weighted by molar-refractivity contribution is -0.144. The number of aliphatic carboxylic acids is 1. The lowest BCUT2D eigenvalue weighted by Crippen LogP contribution is -2.49. The predicted octanol–water partition coefficient (Wildman–Crippen LogP) is 2.66. The fourth-order valence-electron chi connectivity index (χ4n) is 2.30. The minimum atomic E-state index is -1.29. The van der Waals surface area contributed by atoms with Crippen LogP contribution in [0.5, 0.6) is 0 Å². The van der Waals surface area contributed by atoms with E-state index in [0.29, 0.717) is 16.6 Å². The molecule has 1 saturated heterocycles. The molecule has 1 fully saturated rings. The molecule has 0 aliphatic carbocycles. The van der Waals surface area contributed by atoms with Gasteiger partial charge in [0.1, 0.15) is 11.4 Å². The van der Waals surface area contributed by atoms with E-state index in [1.807, 2.05) is 0 Å². The van der Waals surface area contributed by atoms with E-state index >= 15 is 0 Å². The van der Waals surface area contributed by atoms with Crippen molar-refractivity contribution in [1.82, 2.24) is 5.32 Å². The van der Waals surface area contributed by atoms with Gasteiger partial charge in [-0.1, -0.05) is 22.0 Å². The zero-order valence-electron chi connectivity index (χ0n) is 11.2. The molecule has 0 bridgehead atoms. The number of carboxylic acids is 1. The zero-order valence-corrected chi connectivity index (χ0v) is 12.7. The maximum Gasteiger partial charge on any atom is 0.328 e. The van der Waals surface area contributed by atoms with Crippen molar-refractivity contribution in [2.75, 3.05) is 13.2 Å². The highest BCUT2D eigenvalue weighted by atomic mass is 79.9. The molecule has 2 atom stereocenters. The van der Waals surface area contributed by atoms with E-state index in [1.54, 1.807) is 6.92 Å². The summed E-state index contributed by atoms with van der Waals surface area (Å²) in [7, 11) is 0. The van der Waals surface area contributed by atoms with Crippen LogP contribution < -0.4 is 5.32 Å². The third kappa shape index (κ3) is 3.19. The summed E-state index contributed by atoms with van der Waals surface area (Å²) in [5.74, 6) is -1.42. The van der Waals surface area contributed by atoms with Crippen LogP contribution in [0.25, 0.3) is 0 Å². The van der Waals surface area contributed by atoms with Crippen LogP contribution in [-0.2, 0) is 15.1 Å². The van der Waals surface area contributed by atoms with E-state index in [9.17, 15) is 14.3 Å². The lowest BCUT2D eigenvalue weighted by Gasteiger charge is -2.29. The van der Waals surface area contributed by atoms with Crippen molar-refractivity contribution in [3.63, 3.8) is 0 Å². The number of hydrogen-bond acceptors (Lipinski definition) is 3. The molecule has 1 aliphatic rings. The molecule has 0 amide bonds. The highest BCUT2D eigenvalue weighted by molar-refractivity contribution is 9.10. The number of ether oxygens (including phenoxy) is 1. The molecule has 20 heavy (non-hydrogen) atoms. The van der Waals surface area contributed by atoms with Crippen molar-refractivity contribution >= 4 is 21.9 Å². The van der Waals surface area contributed by atoms with Gasteiger partial charge in [0.2, 0.25) is 0 Å². The molecule has 2 N–H and O–H groups in total. The molecule has 0 aromatic heterocycles. The number of rotatable bonds is 5. The Balaban J connectivity index is 2.21. The molecule has 2 rings (SSSR count). The van der Waals surface area contributed by atoms with Crippen LogP contribution in [-0.4, -0.2) is 30.3 Å². The van der Waals surface area contributed by atoms with Gasteiger partial charge >= 0.3 is 5.97 Å². The largest absolute Gasteiger partial charge is 0.480 e. The van der Waals surface area contributed by atoms with Gasteiger partial charge in [-0.3, -0.25) is 5.32 Å². The number of hydrogen-bond donors (Lipinski definition) is 2. The summed E-state index contributed by atoms with van der Waals surface area (Å²) in [6.07, 6.45) is 1.96. The topological polar surface area (TPSA) is 58.6 Å². The number of nitrogens with one attached hydrogen (secondary N) is 1. The van der Waals surface area contributed by atoms with E-state index in [2.05, 4.69) is 21.2 Å². The molecule has 0 radical (unpaired) electrons. The average molecular weight is 346 g/mol. The Bertz CT molecular complexity index is 505. The van der Waals surface area contributed by atoms with Crippen LogP contribution >= 0.6 is 15.9 Å². The molecule has 0 spiro atoms. The second-order valence-electron chi connectivity index (χ2n) is 5.07. The number of benzene rings is 1. The summed E-state index contributed by atoms with van der Waals surface area (Å²) in [5, 5.41) is 12.6. The van der Waals surface area contributed by atoms with Crippen LogP contribution in [0, 0.1) is 5.82 Å². The molecule has 110 valence electrons. The second-order valence-corrected chi connectivity index (χ2v) is 5.92. The van der Waals surface area contributed by atoms with Gasteiger partial charge in [0.25, 0.3) is 0 Å². The van der Waals surface area contributed by atoms with Gasteiger partial charge in [-0.05, 0) is 37.5 Å². The molecular formula is C14H17BrFNO3. The maximum absolute atomic E-state index is 13.2. The fraction of sp³-hybridized carbons (Fsp3) is 0.500. The van der Waals surface area contributed by atoms with E-state index in [0.717, 1.165) is 19.4 Å². The van der Waals surface area contributed by atoms with E-state index in [-0.39, 0.29) is 6.10 Å². The van der Waals surface area contributed by atoms with Crippen LogP contribution in [0.3, 0.4) is 0 Å². The van der Waals surface area contributed by atoms with Crippen LogP contribution in [0.2, 0.25) is 0 Å². The summed E-state index contributed by atoms with van der Waals surface area (Å²) in [5.41, 5.74) is -0.803. The minimum Gasteiger partial charge on any atom is -0.480 e. The third-order valence-electron chi connectivity index (χ3n) is 3.60. The average Bonchev–Trinajstić information content (AvgIpc) is 2.88. The molecule has 4 nitrogen and oxygen atoms in total. The van der Waals surface area contributed by atoms with Crippen molar-refractivity contribution in [1.29, 1.82) is 0 Å². The Morgan fingerprint density at radius 2 is 2.40 bits per heavy atom. The van der Waals surface area contributed by atoms with E-state index in [1.165, 1.54) is 18.2 Å². The normalized spacial score (nSPS) is 21.6. The molecule has 1 aromatic carbocycles. The van der Waals surface area contributed by atoms with Crippen LogP contribution in [0.15, 0.2) is 22.7 Å². The van der Waals surface area contributed by atoms with E-state index < -0.39 is 17.3 Å². The Labute approximate surface area is 125 Å². The van der Waals surface area contributed by atoms with Crippen LogP contribution in [0.1, 0.15) is 25.3 Å². The first-order chi connectivity index (χ1) is 9.43. The minimum absolute atomic E-state index is 0.0351. The smallest absolute Gasteiger partial charge is 0.328 e. The standard InChI is InChI=1S/C14H17BrFNO3/c1-14(13(18)19,17-8-10-3-2-6-20-10)11-5-4-9(16)7-12(11)15/h4-5,7,10,17H,2-3,6,8H2,1H3,(H,18,19). The van der Waals surface area contributed by atoms with Gasteiger partial charge in [0.15, 0.2) is 0 Å². The van der Waals surface area contributed by atoms with Gasteiger partial charge in [-0.15, -0.1) is 0 Å². The van der Waals surface area contributed by atoms with Crippen LogP contribution in [0.4, 0.5) is 4.39 Å². The van der Waals surface area contributed by atoms with Crippen molar-refractivity contribution in [3.05, 3.63) is 34.1 Å². The molecular weight excluding hydrogens is 329 g/mol. The second kappa shape index (κ2) is 6.20. The Morgan fingerprint density at radius 1 is 1.65 bits per heavy atom. The molecule has 1 aliphatic heterocycles. The Kier molecular flexibility index (Phi) is 4.78. The highest BCUT2D eigenvalue weighted by Crippen LogP contribution is 2.30. The molecule has 1 heterocycles. The first kappa shape index (κ1) is 15.4. The zero-order chi connectivity index (χ0) is 14.8. The summed E-state index contributed by atoms with van der Waals surface area (Å²) in [6.45, 7) is 2.74. The predicted molar refractivity (Wildman–Crippen MR) is 76.1 cm³/mol. The number of carboxylic acid groups (broad SMARTS) is 1. The fourth-order valence-corrected chi connectivity index (χ4v) is 3.05. The molecule has 6 heteroatoms. The lowest BCUT2D eigenvalue weighted by atomic mass is 9.91. The summed E-state index contributed by atoms with van der Waals surface area (Å²) in [6, 6.07) is 4.01. The van der Waals surface area contributed by atoms with Gasteiger partial charge in [-0.25, -0.2) is 9.18 Å². The summed E-state index contributed by atoms with van der Waals surface area (Å²) in [4.78, 5) is 11.6. The molecule has 1 aromatic rings. The SMILES string of the molecule is CC(NCC1CCCO1)(C(=O)O)c1ccc(F)cc1Br. The number of halogens is 2. The van der Waals surface area contributed by atoms with Gasteiger partial charge in [0.05, 0.1) is 6.10 Å².